The van der Waals surface area contributed by atoms with Crippen LogP contribution in [-0.2, 0) is 0 Å². The third kappa shape index (κ3) is 4.10. The number of rotatable bonds is 4. The summed E-state index contributed by atoms with van der Waals surface area (Å²) in [6.07, 6.45) is 4.73. The van der Waals surface area contributed by atoms with E-state index in [1.54, 1.807) is 0 Å². The Kier molecular flexibility index (Phi) is 5.57. The largest absolute Gasteiger partial charge is 0.404 e. The first kappa shape index (κ1) is 15.2. The Hall–Kier alpha value is -1.82. The Morgan fingerprint density at radius 1 is 1.37 bits per heavy atom. The number of nitrogens with two attached hydrogens (primary N) is 2. The number of hydrogen-bond donors (Lipinski definition) is 2. The summed E-state index contributed by atoms with van der Waals surface area (Å²) in [6.45, 7) is 1.48. The van der Waals surface area contributed by atoms with Gasteiger partial charge in [0.2, 0.25) is 0 Å². The summed E-state index contributed by atoms with van der Waals surface area (Å²) in [6, 6.07) is 0. The molecule has 0 fully saturated rings. The lowest BCUT2D eigenvalue weighted by atomic mass is 10.1. The fourth-order valence-corrected chi connectivity index (χ4v) is 1.43. The number of nitrogens with zero attached hydrogens (tertiary/aromatic N) is 1. The maximum atomic E-state index is 13.5. The van der Waals surface area contributed by atoms with Crippen molar-refractivity contribution in [3.8, 4) is 0 Å². The average Bonchev–Trinajstić information content (AvgIpc) is 2.48. The summed E-state index contributed by atoms with van der Waals surface area (Å²) < 4.78 is 40.2. The third-order valence-electron chi connectivity index (χ3n) is 2.64. The molecule has 0 aromatic heterocycles. The van der Waals surface area contributed by atoms with Gasteiger partial charge >= 0.3 is 0 Å². The molecule has 1 unspecified atom stereocenters. The van der Waals surface area contributed by atoms with Gasteiger partial charge in [-0.3, -0.25) is 4.99 Å². The molecule has 1 aliphatic rings. The van der Waals surface area contributed by atoms with Crippen LogP contribution < -0.4 is 11.5 Å². The van der Waals surface area contributed by atoms with Gasteiger partial charge < -0.3 is 11.5 Å². The molecule has 0 aliphatic heterocycles. The zero-order chi connectivity index (χ0) is 14.4. The second-order valence-electron chi connectivity index (χ2n) is 4.08. The molecular weight excluding hydrogens is 255 g/mol. The molecule has 0 saturated heterocycles. The van der Waals surface area contributed by atoms with E-state index in [0.29, 0.717) is 5.57 Å². The molecule has 0 bridgehead atoms. The van der Waals surface area contributed by atoms with Crippen LogP contribution in [0.4, 0.5) is 13.2 Å². The molecule has 3 nitrogen and oxygen atoms in total. The van der Waals surface area contributed by atoms with E-state index in [-0.39, 0.29) is 18.7 Å². The Balaban J connectivity index is 2.87. The van der Waals surface area contributed by atoms with Crippen molar-refractivity contribution in [2.75, 3.05) is 13.1 Å². The van der Waals surface area contributed by atoms with E-state index in [2.05, 4.69) is 4.99 Å². The first-order valence-electron chi connectivity index (χ1n) is 5.73. The zero-order valence-corrected chi connectivity index (χ0v) is 10.5. The van der Waals surface area contributed by atoms with Crippen molar-refractivity contribution in [3.05, 3.63) is 47.0 Å². The van der Waals surface area contributed by atoms with Crippen molar-refractivity contribution in [1.82, 2.24) is 0 Å². The molecule has 0 radical (unpaired) electrons. The van der Waals surface area contributed by atoms with Crippen molar-refractivity contribution >= 4 is 6.21 Å². The van der Waals surface area contributed by atoms with Crippen LogP contribution in [0.15, 0.2) is 52.0 Å². The molecule has 104 valence electrons. The van der Waals surface area contributed by atoms with E-state index in [1.807, 2.05) is 0 Å². The molecule has 0 amide bonds. The minimum Gasteiger partial charge on any atom is -0.404 e. The first-order chi connectivity index (χ1) is 8.99. The lowest BCUT2D eigenvalue weighted by Crippen LogP contribution is -2.06. The van der Waals surface area contributed by atoms with E-state index < -0.39 is 23.4 Å². The SMILES string of the molecule is CC1C(F)=CC(CN=C/C(=C\N)CN)=CC(F)=C1F. The quantitative estimate of drug-likeness (QED) is 0.771. The van der Waals surface area contributed by atoms with Crippen LogP contribution in [0.25, 0.3) is 0 Å². The van der Waals surface area contributed by atoms with Gasteiger partial charge in [0.1, 0.15) is 11.7 Å². The Morgan fingerprint density at radius 3 is 2.63 bits per heavy atom. The highest BCUT2D eigenvalue weighted by molar-refractivity contribution is 5.78. The summed E-state index contributed by atoms with van der Waals surface area (Å²) in [5.74, 6) is -4.13. The van der Waals surface area contributed by atoms with E-state index in [4.69, 9.17) is 11.5 Å². The van der Waals surface area contributed by atoms with Gasteiger partial charge in [0.15, 0.2) is 5.83 Å². The number of aliphatic imine (C=N–C) groups is 1. The fourth-order valence-electron chi connectivity index (χ4n) is 1.43. The van der Waals surface area contributed by atoms with Crippen molar-refractivity contribution in [2.45, 2.75) is 6.92 Å². The molecule has 0 aromatic carbocycles. The van der Waals surface area contributed by atoms with E-state index in [1.165, 1.54) is 19.3 Å². The molecule has 6 heteroatoms. The van der Waals surface area contributed by atoms with Gasteiger partial charge in [0.25, 0.3) is 0 Å². The summed E-state index contributed by atoms with van der Waals surface area (Å²) in [5.41, 5.74) is 11.5. The minimum atomic E-state index is -1.21. The van der Waals surface area contributed by atoms with Gasteiger partial charge in [-0.05, 0) is 36.4 Å². The second-order valence-corrected chi connectivity index (χ2v) is 4.08. The number of hydrogen-bond acceptors (Lipinski definition) is 3. The standard InChI is InChI=1S/C13H16F3N3/c1-8-11(14)2-9(3-12(15)13(8)16)6-19-7-10(4-17)5-18/h2-4,7-8H,5-6,17-18H2,1H3/b10-4-,19-7?. The first-order valence-corrected chi connectivity index (χ1v) is 5.73. The maximum Gasteiger partial charge on any atom is 0.155 e. The predicted molar refractivity (Wildman–Crippen MR) is 70.4 cm³/mol. The Bertz CT molecular complexity index is 487. The topological polar surface area (TPSA) is 64.4 Å². The van der Waals surface area contributed by atoms with Crippen molar-refractivity contribution in [3.63, 3.8) is 0 Å². The summed E-state index contributed by atoms with van der Waals surface area (Å²) in [5, 5.41) is 0. The average molecular weight is 271 g/mol. The molecule has 1 aliphatic carbocycles. The van der Waals surface area contributed by atoms with Gasteiger partial charge in [0.05, 0.1) is 12.5 Å². The molecule has 1 rings (SSSR count). The smallest absolute Gasteiger partial charge is 0.155 e. The number of halogens is 3. The molecule has 1 atom stereocenters. The molecule has 19 heavy (non-hydrogen) atoms. The van der Waals surface area contributed by atoms with E-state index in [9.17, 15) is 13.2 Å². The molecule has 0 spiro atoms. The van der Waals surface area contributed by atoms with Crippen molar-refractivity contribution in [1.29, 1.82) is 0 Å². The predicted octanol–water partition coefficient (Wildman–Crippen LogP) is 2.44. The van der Waals surface area contributed by atoms with Crippen LogP contribution in [0.2, 0.25) is 0 Å². The minimum absolute atomic E-state index is 0.0121. The van der Waals surface area contributed by atoms with Crippen LogP contribution in [0, 0.1) is 5.92 Å². The number of allylic oxidation sites excluding steroid dienone is 4. The molecule has 4 N–H and O–H groups in total. The Labute approximate surface area is 109 Å². The van der Waals surface area contributed by atoms with Crippen LogP contribution in [0.5, 0.6) is 0 Å². The highest BCUT2D eigenvalue weighted by atomic mass is 19.2. The van der Waals surface area contributed by atoms with Crippen molar-refractivity contribution in [2.24, 2.45) is 22.4 Å². The Morgan fingerprint density at radius 2 is 2.05 bits per heavy atom. The van der Waals surface area contributed by atoms with Gasteiger partial charge in [-0.25, -0.2) is 13.2 Å². The maximum absolute atomic E-state index is 13.5. The van der Waals surface area contributed by atoms with Gasteiger partial charge in [-0.15, -0.1) is 0 Å². The summed E-state index contributed by atoms with van der Waals surface area (Å²) in [7, 11) is 0. The highest BCUT2D eigenvalue weighted by Gasteiger charge is 2.21. The normalized spacial score (nSPS) is 21.5. The van der Waals surface area contributed by atoms with Crippen LogP contribution in [0.3, 0.4) is 0 Å². The summed E-state index contributed by atoms with van der Waals surface area (Å²) in [4.78, 5) is 3.95. The highest BCUT2D eigenvalue weighted by Crippen LogP contribution is 2.30. The second kappa shape index (κ2) is 6.94. The summed E-state index contributed by atoms with van der Waals surface area (Å²) >= 11 is 0. The van der Waals surface area contributed by atoms with Crippen LogP contribution in [0.1, 0.15) is 6.92 Å². The monoisotopic (exact) mass is 271 g/mol. The van der Waals surface area contributed by atoms with Crippen LogP contribution in [-0.4, -0.2) is 19.3 Å². The lowest BCUT2D eigenvalue weighted by molar-refractivity contribution is 0.432. The molecule has 0 heterocycles. The van der Waals surface area contributed by atoms with Crippen molar-refractivity contribution < 1.29 is 13.2 Å². The zero-order valence-electron chi connectivity index (χ0n) is 10.5. The van der Waals surface area contributed by atoms with Gasteiger partial charge in [-0.2, -0.15) is 0 Å². The molecule has 0 aromatic rings. The van der Waals surface area contributed by atoms with Crippen LogP contribution >= 0.6 is 0 Å². The fraction of sp³-hybridized carbons (Fsp3) is 0.308. The van der Waals surface area contributed by atoms with Gasteiger partial charge in [-0.1, -0.05) is 0 Å². The molecule has 0 saturated carbocycles. The van der Waals surface area contributed by atoms with E-state index >= 15 is 0 Å². The van der Waals surface area contributed by atoms with E-state index in [0.717, 1.165) is 12.2 Å². The molecular formula is C13H16F3N3. The third-order valence-corrected chi connectivity index (χ3v) is 2.64. The van der Waals surface area contributed by atoms with Gasteiger partial charge in [0, 0.05) is 12.8 Å². The lowest BCUT2D eigenvalue weighted by Gasteiger charge is -2.04.